The van der Waals surface area contributed by atoms with Crippen molar-refractivity contribution < 1.29 is 37.3 Å². The molecule has 1 aromatic rings. The van der Waals surface area contributed by atoms with E-state index in [9.17, 15) is 18.4 Å². The quantitative estimate of drug-likeness (QED) is 0.491. The van der Waals surface area contributed by atoms with E-state index < -0.39 is 36.1 Å². The lowest BCUT2D eigenvalue weighted by molar-refractivity contribution is -0.139. The minimum atomic E-state index is -1.71. The van der Waals surface area contributed by atoms with Gasteiger partial charge in [0.05, 0.1) is 36.5 Å². The van der Waals surface area contributed by atoms with Crippen LogP contribution in [0.2, 0.25) is 0 Å². The van der Waals surface area contributed by atoms with Crippen LogP contribution < -0.4 is 5.32 Å². The number of hydrogen-bond donors (Lipinski definition) is 1. The maximum absolute atomic E-state index is 14.7. The Morgan fingerprint density at radius 2 is 1.77 bits per heavy atom. The Bertz CT molecular complexity index is 905. The van der Waals surface area contributed by atoms with Gasteiger partial charge in [-0.05, 0) is 32.4 Å². The molecule has 1 N–H and O–H groups in total. The Balaban J connectivity index is 2.94. The fourth-order valence-corrected chi connectivity index (χ4v) is 3.72. The highest BCUT2D eigenvalue weighted by Crippen LogP contribution is 2.43. The number of ether oxygens (including phenoxy) is 4. The molecule has 1 heterocycles. The lowest BCUT2D eigenvalue weighted by Gasteiger charge is -2.34. The molecule has 31 heavy (non-hydrogen) atoms. The summed E-state index contributed by atoms with van der Waals surface area (Å²) in [5, 5.41) is 2.96. The van der Waals surface area contributed by atoms with Crippen LogP contribution in [0.25, 0.3) is 0 Å². The van der Waals surface area contributed by atoms with Gasteiger partial charge < -0.3 is 24.3 Å². The highest BCUT2D eigenvalue weighted by Gasteiger charge is 2.42. The second-order valence-electron chi connectivity index (χ2n) is 6.80. The second kappa shape index (κ2) is 10.5. The predicted octanol–water partition coefficient (Wildman–Crippen LogP) is 3.43. The van der Waals surface area contributed by atoms with Gasteiger partial charge in [-0.2, -0.15) is 0 Å². The van der Waals surface area contributed by atoms with Gasteiger partial charge in [0.25, 0.3) is 0 Å². The summed E-state index contributed by atoms with van der Waals surface area (Å²) in [6.07, 6.45) is -2.74. The van der Waals surface area contributed by atoms with Crippen molar-refractivity contribution in [3.63, 3.8) is 0 Å². The Morgan fingerprint density at radius 3 is 2.29 bits per heavy atom. The number of hydrogen-bond acceptors (Lipinski definition) is 7. The zero-order valence-electron chi connectivity index (χ0n) is 18.4. The monoisotopic (exact) mass is 439 g/mol. The van der Waals surface area contributed by atoms with Crippen LogP contribution in [0.15, 0.2) is 40.7 Å². The Kier molecular flexibility index (Phi) is 8.29. The molecule has 0 aromatic heterocycles. The Morgan fingerprint density at radius 1 is 1.13 bits per heavy atom. The average Bonchev–Trinajstić information content (AvgIpc) is 2.73. The molecule has 2 rings (SSSR count). The van der Waals surface area contributed by atoms with Gasteiger partial charge in [-0.1, -0.05) is 12.1 Å². The molecule has 0 bridgehead atoms. The number of allylic oxidation sites excluding steroid dienone is 1. The molecule has 0 saturated heterocycles. The molecule has 0 amide bonds. The lowest BCUT2D eigenvalue weighted by Crippen LogP contribution is -2.38. The number of carbonyl (C=O) groups is 2. The molecular weight excluding hydrogens is 412 g/mol. The van der Waals surface area contributed by atoms with Crippen LogP contribution in [0.4, 0.5) is 8.78 Å². The third-order valence-electron chi connectivity index (χ3n) is 4.95. The van der Waals surface area contributed by atoms with Crippen LogP contribution in [0.3, 0.4) is 0 Å². The van der Waals surface area contributed by atoms with Crippen molar-refractivity contribution in [3.05, 3.63) is 57.7 Å². The first-order valence-corrected chi connectivity index (χ1v) is 9.68. The number of alkyl halides is 1. The number of esters is 2. The van der Waals surface area contributed by atoms with Gasteiger partial charge in [0.1, 0.15) is 12.0 Å². The largest absolute Gasteiger partial charge is 0.466 e. The van der Waals surface area contributed by atoms with E-state index in [1.807, 2.05) is 0 Å². The summed E-state index contributed by atoms with van der Waals surface area (Å²) in [6.45, 7) is 4.47. The SMILES string of the molecule is CCOC(=O)C1=C(C)NC(C(OC)OC)=C(C(=O)OC)C1c1cccc(F)c1C(C)F. The van der Waals surface area contributed by atoms with Gasteiger partial charge in [0.2, 0.25) is 0 Å². The summed E-state index contributed by atoms with van der Waals surface area (Å²) < 4.78 is 49.9. The number of nitrogens with one attached hydrogen (secondary N) is 1. The van der Waals surface area contributed by atoms with Gasteiger partial charge in [0.15, 0.2) is 6.29 Å². The van der Waals surface area contributed by atoms with Crippen LogP contribution in [0.5, 0.6) is 0 Å². The number of carbonyl (C=O) groups excluding carboxylic acids is 2. The van der Waals surface area contributed by atoms with Crippen LogP contribution in [0.1, 0.15) is 44.0 Å². The van der Waals surface area contributed by atoms with E-state index in [4.69, 9.17) is 18.9 Å². The first-order valence-electron chi connectivity index (χ1n) is 9.68. The van der Waals surface area contributed by atoms with Crippen LogP contribution >= 0.6 is 0 Å². The first-order chi connectivity index (χ1) is 14.7. The molecule has 0 fully saturated rings. The van der Waals surface area contributed by atoms with Crippen LogP contribution in [-0.2, 0) is 28.5 Å². The predicted molar refractivity (Wildman–Crippen MR) is 108 cm³/mol. The number of methoxy groups -OCH3 is 3. The van der Waals surface area contributed by atoms with Crippen LogP contribution in [0, 0.1) is 5.82 Å². The van der Waals surface area contributed by atoms with Crippen molar-refractivity contribution in [1.29, 1.82) is 0 Å². The van der Waals surface area contributed by atoms with Crippen molar-refractivity contribution in [1.82, 2.24) is 5.32 Å². The van der Waals surface area contributed by atoms with E-state index in [0.29, 0.717) is 5.70 Å². The van der Waals surface area contributed by atoms with Crippen molar-refractivity contribution in [2.24, 2.45) is 0 Å². The summed E-state index contributed by atoms with van der Waals surface area (Å²) in [6, 6.07) is 3.97. The third kappa shape index (κ3) is 4.77. The summed E-state index contributed by atoms with van der Waals surface area (Å²) >= 11 is 0. The van der Waals surface area contributed by atoms with Crippen LogP contribution in [-0.4, -0.2) is 46.2 Å². The lowest BCUT2D eigenvalue weighted by atomic mass is 9.77. The molecule has 9 heteroatoms. The minimum absolute atomic E-state index is 0.0319. The molecule has 0 spiro atoms. The second-order valence-corrected chi connectivity index (χ2v) is 6.80. The highest BCUT2D eigenvalue weighted by molar-refractivity contribution is 6.00. The smallest absolute Gasteiger partial charge is 0.336 e. The fourth-order valence-electron chi connectivity index (χ4n) is 3.72. The maximum Gasteiger partial charge on any atom is 0.336 e. The molecule has 170 valence electrons. The van der Waals surface area contributed by atoms with Gasteiger partial charge in [-0.3, -0.25) is 0 Å². The highest BCUT2D eigenvalue weighted by atomic mass is 19.1. The first kappa shape index (κ1) is 24.5. The number of benzene rings is 1. The average molecular weight is 439 g/mol. The molecule has 1 aromatic carbocycles. The molecular formula is C22H27F2NO6. The third-order valence-corrected chi connectivity index (χ3v) is 4.95. The van der Waals surface area contributed by atoms with Gasteiger partial charge >= 0.3 is 11.9 Å². The summed E-state index contributed by atoms with van der Waals surface area (Å²) in [4.78, 5) is 25.8. The van der Waals surface area contributed by atoms with Crippen molar-refractivity contribution in [2.45, 2.75) is 39.2 Å². The van der Waals surface area contributed by atoms with E-state index in [0.717, 1.165) is 13.2 Å². The van der Waals surface area contributed by atoms with Gasteiger partial charge in [-0.25, -0.2) is 18.4 Å². The van der Waals surface area contributed by atoms with Gasteiger partial charge in [0, 0.05) is 25.5 Å². The molecule has 2 atom stereocenters. The van der Waals surface area contributed by atoms with E-state index >= 15 is 0 Å². The fraction of sp³-hybridized carbons (Fsp3) is 0.455. The van der Waals surface area contributed by atoms with Gasteiger partial charge in [-0.15, -0.1) is 0 Å². The molecule has 2 unspecified atom stereocenters. The summed E-state index contributed by atoms with van der Waals surface area (Å²) in [5.74, 6) is -3.53. The topological polar surface area (TPSA) is 83.1 Å². The summed E-state index contributed by atoms with van der Waals surface area (Å²) in [5.41, 5.74) is 0.279. The summed E-state index contributed by atoms with van der Waals surface area (Å²) in [7, 11) is 3.89. The maximum atomic E-state index is 14.7. The molecule has 7 nitrogen and oxygen atoms in total. The Hall–Kier alpha value is -2.78. The molecule has 0 radical (unpaired) electrons. The van der Waals surface area contributed by atoms with E-state index in [2.05, 4.69) is 5.32 Å². The van der Waals surface area contributed by atoms with E-state index in [1.54, 1.807) is 13.8 Å². The molecule has 1 aliphatic heterocycles. The van der Waals surface area contributed by atoms with Crippen molar-refractivity contribution in [3.8, 4) is 0 Å². The van der Waals surface area contributed by atoms with Crippen molar-refractivity contribution in [2.75, 3.05) is 27.9 Å². The number of dihydropyridines is 1. The molecule has 1 aliphatic rings. The Labute approximate surface area is 180 Å². The standard InChI is InChI=1S/C22H27F2NO6/c1-7-31-21(27)16-12(3)25-19(22(29-5)30-6)18(20(26)28-4)17(16)13-9-8-10-14(24)15(13)11(2)23/h8-11,17,22,25H,7H2,1-6H3. The molecule has 0 aliphatic carbocycles. The zero-order valence-corrected chi connectivity index (χ0v) is 18.4. The van der Waals surface area contributed by atoms with E-state index in [-0.39, 0.29) is 34.6 Å². The normalized spacial score (nSPS) is 17.5. The van der Waals surface area contributed by atoms with E-state index in [1.165, 1.54) is 33.3 Å². The minimum Gasteiger partial charge on any atom is -0.466 e. The van der Waals surface area contributed by atoms with Crippen molar-refractivity contribution >= 4 is 11.9 Å². The number of rotatable bonds is 8. The zero-order chi connectivity index (χ0) is 23.3. The number of halogens is 2. The molecule has 0 saturated carbocycles.